The molecule has 0 aromatic rings. The fraction of sp³-hybridized carbons (Fsp3) is 0.500. The van der Waals surface area contributed by atoms with Crippen LogP contribution in [0.25, 0.3) is 0 Å². The molecule has 0 radical (unpaired) electrons. The van der Waals surface area contributed by atoms with Gasteiger partial charge >= 0.3 is 82.8 Å². The second-order valence-electron chi connectivity index (χ2n) is 1.32. The number of rotatable bonds is 4. The number of alkyl halides is 1. The summed E-state index contributed by atoms with van der Waals surface area (Å²) in [6.45, 7) is 0. The van der Waals surface area contributed by atoms with E-state index in [1.807, 2.05) is 0 Å². The summed E-state index contributed by atoms with van der Waals surface area (Å²) < 4.78 is 7.94. The molecular formula is C2H4Cl4NO3P. The van der Waals surface area contributed by atoms with Crippen LogP contribution >= 0.6 is 51.9 Å². The molecule has 1 N–H and O–H groups in total. The molecule has 0 atom stereocenters. The van der Waals surface area contributed by atoms with Crippen LogP contribution in [-0.4, -0.2) is 17.0 Å². The monoisotopic (exact) mass is 261 g/mol. The number of halogens is 4. The first-order valence-corrected chi connectivity index (χ1v) is 6.85. The molecule has 0 saturated heterocycles. The zero-order valence-electron chi connectivity index (χ0n) is 4.95. The summed E-state index contributed by atoms with van der Waals surface area (Å²) in [5, 5.41) is 3.08. The Morgan fingerprint density at radius 3 is 2.45 bits per heavy atom. The molecule has 0 aromatic carbocycles. The first-order valence-electron chi connectivity index (χ1n) is 2.17. The van der Waals surface area contributed by atoms with Crippen LogP contribution in [0.3, 0.4) is 0 Å². The molecule has 68 valence electrons. The fourth-order valence-electron chi connectivity index (χ4n) is 0.150. The third kappa shape index (κ3) is 6.17. The molecule has 0 saturated carbocycles. The van der Waals surface area contributed by atoms with Crippen molar-refractivity contribution in [1.82, 2.24) is 0 Å². The van der Waals surface area contributed by atoms with Gasteiger partial charge in [-0.2, -0.15) is 0 Å². The van der Waals surface area contributed by atoms with Crippen LogP contribution in [-0.2, 0) is 8.70 Å². The average Bonchev–Trinajstić information content (AvgIpc) is 1.88. The Labute approximate surface area is 82.9 Å². The number of hydrogen-bond donors (Lipinski definition) is 1. The van der Waals surface area contributed by atoms with Crippen molar-refractivity contribution in [3.05, 3.63) is 0 Å². The molecule has 0 rings (SSSR count). The van der Waals surface area contributed by atoms with Gasteiger partial charge in [0, 0.05) is 0 Å². The Morgan fingerprint density at radius 1 is 1.55 bits per heavy atom. The van der Waals surface area contributed by atoms with E-state index in [-0.39, 0.29) is 5.88 Å². The summed E-state index contributed by atoms with van der Waals surface area (Å²) in [5.74, 6) is -4.63. The minimum absolute atomic E-state index is 0.0859. The van der Waals surface area contributed by atoms with Gasteiger partial charge in [-0.05, 0) is 0 Å². The quantitative estimate of drug-likeness (QED) is 0.367. The van der Waals surface area contributed by atoms with Gasteiger partial charge < -0.3 is 0 Å². The molecule has 0 amide bonds. The van der Waals surface area contributed by atoms with E-state index >= 15 is 0 Å². The van der Waals surface area contributed by atoms with Crippen LogP contribution in [0.1, 0.15) is 0 Å². The zero-order chi connectivity index (χ0) is 8.98. The Kier molecular flexibility index (Phi) is 4.66. The molecule has 11 heavy (non-hydrogen) atoms. The van der Waals surface area contributed by atoms with Crippen molar-refractivity contribution in [3.8, 4) is 0 Å². The van der Waals surface area contributed by atoms with Crippen molar-refractivity contribution in [1.29, 1.82) is 0 Å². The standard InChI is InChI=1S/C2H4Cl4NO3P/c3-1-2-7-10-11(5,6,8)9-4/h2,8H,1H2/b7-2-. The molecule has 4 nitrogen and oxygen atoms in total. The fourth-order valence-corrected chi connectivity index (χ4v) is 0.740. The van der Waals surface area contributed by atoms with Crippen molar-refractivity contribution < 1.29 is 13.6 Å². The van der Waals surface area contributed by atoms with E-state index in [0.29, 0.717) is 0 Å². The number of hydrogen-bond acceptors (Lipinski definition) is 4. The normalized spacial score (nSPS) is 16.3. The van der Waals surface area contributed by atoms with Gasteiger partial charge in [0.25, 0.3) is 0 Å². The summed E-state index contributed by atoms with van der Waals surface area (Å²) in [6, 6.07) is 0. The Hall–Kier alpha value is 0.980. The minimum atomic E-state index is -4.72. The predicted molar refractivity (Wildman–Crippen MR) is 48.1 cm³/mol. The van der Waals surface area contributed by atoms with E-state index in [0.717, 1.165) is 6.21 Å². The van der Waals surface area contributed by atoms with Crippen molar-refractivity contribution in [3.63, 3.8) is 0 Å². The molecule has 0 aromatic heterocycles. The molecule has 0 aliphatic rings. The van der Waals surface area contributed by atoms with Gasteiger partial charge in [-0.25, -0.2) is 0 Å². The van der Waals surface area contributed by atoms with Crippen molar-refractivity contribution in [2.45, 2.75) is 0 Å². The maximum atomic E-state index is 8.94. The molecule has 9 heteroatoms. The van der Waals surface area contributed by atoms with Crippen LogP contribution in [0.4, 0.5) is 0 Å². The Balaban J connectivity index is 4.01. The summed E-state index contributed by atoms with van der Waals surface area (Å²) in [5.41, 5.74) is 0. The van der Waals surface area contributed by atoms with Gasteiger partial charge in [-0.3, -0.25) is 0 Å². The maximum absolute atomic E-state index is 8.94. The van der Waals surface area contributed by atoms with E-state index in [9.17, 15) is 0 Å². The van der Waals surface area contributed by atoms with Gasteiger partial charge in [0.1, 0.15) is 0 Å². The third-order valence-corrected chi connectivity index (χ3v) is 3.13. The predicted octanol–water partition coefficient (Wildman–Crippen LogP) is 3.00. The molecule has 0 aliphatic heterocycles. The number of oxime groups is 1. The SMILES string of the molecule is OP(Cl)(Cl)(OCl)O/N=C\CCl. The molecule has 0 bridgehead atoms. The molecular weight excluding hydrogens is 259 g/mol. The van der Waals surface area contributed by atoms with Crippen LogP contribution in [0, 0.1) is 0 Å². The summed E-state index contributed by atoms with van der Waals surface area (Å²) in [7, 11) is 0. The summed E-state index contributed by atoms with van der Waals surface area (Å²) in [6.07, 6.45) is 1.11. The van der Waals surface area contributed by atoms with E-state index in [1.54, 1.807) is 0 Å². The average molecular weight is 263 g/mol. The van der Waals surface area contributed by atoms with Crippen molar-refractivity contribution in [2.24, 2.45) is 5.16 Å². The summed E-state index contributed by atoms with van der Waals surface area (Å²) in [4.78, 5) is 8.94. The molecule has 0 aliphatic carbocycles. The first-order chi connectivity index (χ1) is 4.89. The van der Waals surface area contributed by atoms with Crippen LogP contribution in [0.2, 0.25) is 0 Å². The van der Waals surface area contributed by atoms with Crippen molar-refractivity contribution in [2.75, 3.05) is 5.88 Å². The van der Waals surface area contributed by atoms with Gasteiger partial charge in [0.2, 0.25) is 0 Å². The zero-order valence-corrected chi connectivity index (χ0v) is 8.87. The van der Waals surface area contributed by atoms with E-state index in [1.165, 1.54) is 0 Å². The van der Waals surface area contributed by atoms with Gasteiger partial charge in [0.05, 0.1) is 0 Å². The molecule has 0 heterocycles. The van der Waals surface area contributed by atoms with Crippen LogP contribution in [0.15, 0.2) is 5.16 Å². The van der Waals surface area contributed by atoms with Gasteiger partial charge in [-0.15, -0.1) is 0 Å². The molecule has 0 fully saturated rings. The van der Waals surface area contributed by atoms with E-state index in [4.69, 9.17) is 50.8 Å². The topological polar surface area (TPSA) is 51.0 Å². The second-order valence-corrected chi connectivity index (χ2v) is 7.90. The number of nitrogens with zero attached hydrogens (tertiary/aromatic N) is 1. The van der Waals surface area contributed by atoms with E-state index < -0.39 is 5.99 Å². The van der Waals surface area contributed by atoms with Crippen LogP contribution in [0.5, 0.6) is 0 Å². The van der Waals surface area contributed by atoms with Crippen LogP contribution < -0.4 is 0 Å². The van der Waals surface area contributed by atoms with Crippen molar-refractivity contribution >= 4 is 58.2 Å². The third-order valence-electron chi connectivity index (χ3n) is 0.433. The Morgan fingerprint density at radius 2 is 2.09 bits per heavy atom. The summed E-state index contributed by atoms with van der Waals surface area (Å²) >= 11 is 20.1. The van der Waals surface area contributed by atoms with E-state index in [2.05, 4.69) is 13.9 Å². The first kappa shape index (κ1) is 12.0. The Bertz CT molecular complexity index is 155. The molecule has 0 unspecified atom stereocenters. The molecule has 0 spiro atoms. The van der Waals surface area contributed by atoms with Gasteiger partial charge in [-0.1, -0.05) is 0 Å². The van der Waals surface area contributed by atoms with Gasteiger partial charge in [0.15, 0.2) is 0 Å². The second kappa shape index (κ2) is 4.28.